The van der Waals surface area contributed by atoms with Crippen molar-refractivity contribution in [3.8, 4) is 11.1 Å². The summed E-state index contributed by atoms with van der Waals surface area (Å²) in [5, 5.41) is 10.1. The summed E-state index contributed by atoms with van der Waals surface area (Å²) in [5.74, 6) is 0.913. The lowest BCUT2D eigenvalue weighted by atomic mass is 9.92. The first kappa shape index (κ1) is 19.2. The predicted molar refractivity (Wildman–Crippen MR) is 119 cm³/mol. The van der Waals surface area contributed by atoms with Crippen LogP contribution in [0.25, 0.3) is 22.0 Å². The zero-order chi connectivity index (χ0) is 19.8. The number of nitrogens with one attached hydrogen (secondary N) is 1. The molecule has 4 rings (SSSR count). The van der Waals surface area contributed by atoms with Crippen LogP contribution in [0.1, 0.15) is 48.6 Å². The van der Waals surface area contributed by atoms with E-state index in [1.54, 1.807) is 0 Å². The van der Waals surface area contributed by atoms with Gasteiger partial charge >= 0.3 is 0 Å². The van der Waals surface area contributed by atoms with Crippen molar-refractivity contribution in [1.29, 1.82) is 0 Å². The van der Waals surface area contributed by atoms with Crippen LogP contribution < -0.4 is 5.32 Å². The van der Waals surface area contributed by atoms with Gasteiger partial charge in [-0.1, -0.05) is 42.8 Å². The molecule has 3 heteroatoms. The van der Waals surface area contributed by atoms with Crippen molar-refractivity contribution in [2.45, 2.75) is 59.4 Å². The average molecular weight is 376 g/mol. The molecule has 2 aromatic carbocycles. The third-order valence-corrected chi connectivity index (χ3v) is 6.26. The molecule has 0 saturated heterocycles. The molecule has 1 fully saturated rings. The Morgan fingerprint density at radius 3 is 2.50 bits per heavy atom. The Morgan fingerprint density at radius 1 is 1.14 bits per heavy atom. The highest BCUT2D eigenvalue weighted by Gasteiger charge is 2.23. The van der Waals surface area contributed by atoms with E-state index in [0.29, 0.717) is 6.04 Å². The third-order valence-electron chi connectivity index (χ3n) is 6.26. The molecular weight excluding hydrogens is 342 g/mol. The number of hydrogen-bond acceptors (Lipinski definition) is 2. The number of rotatable bonds is 7. The molecular formula is C25H33N3. The van der Waals surface area contributed by atoms with Gasteiger partial charge in [0, 0.05) is 36.2 Å². The minimum absolute atomic E-state index is 0.519. The second-order valence-electron chi connectivity index (χ2n) is 8.71. The first-order valence-corrected chi connectivity index (χ1v) is 10.7. The van der Waals surface area contributed by atoms with Gasteiger partial charge in [-0.25, -0.2) is 0 Å². The number of fused-ring (bicyclic) bond motifs is 1. The van der Waals surface area contributed by atoms with Gasteiger partial charge in [-0.05, 0) is 69.2 Å². The van der Waals surface area contributed by atoms with E-state index in [2.05, 4.69) is 75.1 Å². The summed E-state index contributed by atoms with van der Waals surface area (Å²) in [6.45, 7) is 10.1. The van der Waals surface area contributed by atoms with Gasteiger partial charge in [0.05, 0.1) is 0 Å². The van der Waals surface area contributed by atoms with Gasteiger partial charge in [0.15, 0.2) is 0 Å². The van der Waals surface area contributed by atoms with Gasteiger partial charge in [-0.2, -0.15) is 5.10 Å². The van der Waals surface area contributed by atoms with Crippen molar-refractivity contribution in [2.24, 2.45) is 13.0 Å². The number of nitrogens with zero attached hydrogens (tertiary/aromatic N) is 2. The average Bonchev–Trinajstić information content (AvgIpc) is 3.41. The van der Waals surface area contributed by atoms with Crippen LogP contribution in [0, 0.1) is 26.7 Å². The Morgan fingerprint density at radius 2 is 1.86 bits per heavy atom. The quantitative estimate of drug-likeness (QED) is 0.592. The van der Waals surface area contributed by atoms with Crippen LogP contribution >= 0.6 is 0 Å². The van der Waals surface area contributed by atoms with E-state index in [1.807, 2.05) is 0 Å². The van der Waals surface area contributed by atoms with Gasteiger partial charge in [0.1, 0.15) is 5.52 Å². The van der Waals surface area contributed by atoms with Crippen LogP contribution in [-0.4, -0.2) is 22.4 Å². The molecule has 28 heavy (non-hydrogen) atoms. The van der Waals surface area contributed by atoms with E-state index < -0.39 is 0 Å². The maximum atomic E-state index is 4.98. The Labute approximate surface area is 169 Å². The van der Waals surface area contributed by atoms with Crippen LogP contribution in [0.5, 0.6) is 0 Å². The molecule has 1 atom stereocenters. The smallest absolute Gasteiger partial charge is 0.100 e. The van der Waals surface area contributed by atoms with E-state index in [4.69, 9.17) is 5.10 Å². The lowest BCUT2D eigenvalue weighted by Crippen LogP contribution is -2.32. The monoisotopic (exact) mass is 375 g/mol. The molecule has 1 N–H and O–H groups in total. The van der Waals surface area contributed by atoms with Crippen LogP contribution in [0.15, 0.2) is 30.3 Å². The molecule has 0 aliphatic heterocycles. The molecule has 1 saturated carbocycles. The van der Waals surface area contributed by atoms with Gasteiger partial charge in [-0.15, -0.1) is 0 Å². The van der Waals surface area contributed by atoms with Crippen LogP contribution in [0.3, 0.4) is 0 Å². The van der Waals surface area contributed by atoms with Gasteiger partial charge < -0.3 is 5.32 Å². The molecule has 0 bridgehead atoms. The topological polar surface area (TPSA) is 29.9 Å². The highest BCUT2D eigenvalue weighted by Crippen LogP contribution is 2.35. The van der Waals surface area contributed by atoms with Crippen molar-refractivity contribution in [2.75, 3.05) is 6.54 Å². The third kappa shape index (κ3) is 3.73. The maximum Gasteiger partial charge on any atom is 0.100 e. The minimum Gasteiger partial charge on any atom is -0.313 e. The minimum atomic E-state index is 0.519. The van der Waals surface area contributed by atoms with E-state index in [-0.39, 0.29) is 0 Å². The number of benzene rings is 2. The van der Waals surface area contributed by atoms with Crippen LogP contribution in [-0.2, 0) is 13.5 Å². The zero-order valence-corrected chi connectivity index (χ0v) is 18.0. The van der Waals surface area contributed by atoms with Gasteiger partial charge in [0.2, 0.25) is 0 Å². The van der Waals surface area contributed by atoms with Gasteiger partial charge in [0.25, 0.3) is 0 Å². The summed E-state index contributed by atoms with van der Waals surface area (Å²) in [6, 6.07) is 11.7. The van der Waals surface area contributed by atoms with Crippen molar-refractivity contribution in [3.63, 3.8) is 0 Å². The van der Waals surface area contributed by atoms with Crippen molar-refractivity contribution >= 4 is 10.9 Å². The zero-order valence-electron chi connectivity index (χ0n) is 18.0. The second kappa shape index (κ2) is 7.71. The molecule has 1 heterocycles. The number of aryl methyl sites for hydroxylation is 4. The first-order chi connectivity index (χ1) is 13.5. The fourth-order valence-electron chi connectivity index (χ4n) is 4.57. The lowest BCUT2D eigenvalue weighted by molar-refractivity contribution is 0.471. The Balaban J connectivity index is 1.73. The molecule has 0 amide bonds. The number of hydrogen-bond donors (Lipinski definition) is 1. The van der Waals surface area contributed by atoms with Crippen molar-refractivity contribution in [1.82, 2.24) is 15.1 Å². The van der Waals surface area contributed by atoms with Crippen LogP contribution in [0.2, 0.25) is 0 Å². The van der Waals surface area contributed by atoms with Crippen LogP contribution in [0.4, 0.5) is 0 Å². The highest BCUT2D eigenvalue weighted by atomic mass is 15.3. The van der Waals surface area contributed by atoms with E-state index in [0.717, 1.165) is 24.3 Å². The van der Waals surface area contributed by atoms with E-state index >= 15 is 0 Å². The lowest BCUT2D eigenvalue weighted by Gasteiger charge is -2.17. The molecule has 1 aliphatic rings. The summed E-state index contributed by atoms with van der Waals surface area (Å²) in [4.78, 5) is 0. The standard InChI is InChI=1S/C25H33N3/c1-6-20(26-15-19-10-11-19)14-23-21-8-7-9-22(25(21)27-28(23)5)24-17(3)12-16(2)13-18(24)4/h7-9,12-13,19-20,26H,6,10-11,14-15H2,1-5H3. The Bertz CT molecular complexity index is 971. The first-order valence-electron chi connectivity index (χ1n) is 10.7. The number of aromatic nitrogens is 2. The largest absolute Gasteiger partial charge is 0.313 e. The van der Waals surface area contributed by atoms with Crippen molar-refractivity contribution < 1.29 is 0 Å². The van der Waals surface area contributed by atoms with E-state index in [9.17, 15) is 0 Å². The molecule has 148 valence electrons. The predicted octanol–water partition coefficient (Wildman–Crippen LogP) is 5.49. The molecule has 3 aromatic rings. The fraction of sp³-hybridized carbons (Fsp3) is 0.480. The molecule has 3 nitrogen and oxygen atoms in total. The summed E-state index contributed by atoms with van der Waals surface area (Å²) < 4.78 is 2.11. The van der Waals surface area contributed by atoms with Gasteiger partial charge in [-0.3, -0.25) is 4.68 Å². The maximum absolute atomic E-state index is 4.98. The Hall–Kier alpha value is -2.13. The molecule has 0 radical (unpaired) electrons. The van der Waals surface area contributed by atoms with E-state index in [1.165, 1.54) is 58.3 Å². The highest BCUT2D eigenvalue weighted by molar-refractivity contribution is 5.96. The SMILES string of the molecule is CCC(Cc1c2cccc(-c3c(C)cc(C)cc3C)c2nn1C)NCC1CC1. The summed E-state index contributed by atoms with van der Waals surface area (Å²) in [7, 11) is 2.10. The normalized spacial score (nSPS) is 15.3. The molecule has 1 aromatic heterocycles. The summed E-state index contributed by atoms with van der Waals surface area (Å²) in [5.41, 5.74) is 9.04. The molecule has 1 unspecified atom stereocenters. The fourth-order valence-corrected chi connectivity index (χ4v) is 4.57. The Kier molecular flexibility index (Phi) is 5.29. The summed E-state index contributed by atoms with van der Waals surface area (Å²) in [6.07, 6.45) is 4.98. The van der Waals surface area contributed by atoms with Crippen molar-refractivity contribution in [3.05, 3.63) is 52.7 Å². The second-order valence-corrected chi connectivity index (χ2v) is 8.71. The molecule has 1 aliphatic carbocycles. The molecule has 0 spiro atoms. The summed E-state index contributed by atoms with van der Waals surface area (Å²) >= 11 is 0.